The van der Waals surface area contributed by atoms with Crippen molar-refractivity contribution in [1.82, 2.24) is 0 Å². The summed E-state index contributed by atoms with van der Waals surface area (Å²) in [5, 5.41) is 14.9. The number of aryl methyl sites for hydroxylation is 3. The van der Waals surface area contributed by atoms with E-state index < -0.39 is 0 Å². The molecule has 3 aromatic carbocycles. The van der Waals surface area contributed by atoms with Gasteiger partial charge in [0.05, 0.1) is 5.56 Å². The Bertz CT molecular complexity index is 890. The van der Waals surface area contributed by atoms with Gasteiger partial charge in [-0.25, -0.2) is 0 Å². The van der Waals surface area contributed by atoms with Crippen molar-refractivity contribution in [3.8, 4) is 5.75 Å². The monoisotopic (exact) mass is 305 g/mol. The molecule has 0 aromatic heterocycles. The van der Waals surface area contributed by atoms with Crippen LogP contribution in [0.3, 0.4) is 0 Å². The minimum atomic E-state index is -0.302. The molecule has 0 fully saturated rings. The average Bonchev–Trinajstić information content (AvgIpc) is 2.51. The number of hydrogen-bond acceptors (Lipinski definition) is 2. The van der Waals surface area contributed by atoms with Crippen LogP contribution in [0.5, 0.6) is 5.75 Å². The first-order valence-electron chi connectivity index (χ1n) is 7.57. The van der Waals surface area contributed by atoms with Gasteiger partial charge in [0.25, 0.3) is 5.91 Å². The number of hydrogen-bond donors (Lipinski definition) is 2. The summed E-state index contributed by atoms with van der Waals surface area (Å²) in [5.41, 5.74) is 4.26. The second-order valence-electron chi connectivity index (χ2n) is 5.91. The summed E-state index contributed by atoms with van der Waals surface area (Å²) in [4.78, 5) is 12.6. The lowest BCUT2D eigenvalue weighted by molar-refractivity contribution is 0.102. The largest absolute Gasteiger partial charge is 0.506 e. The number of nitrogens with one attached hydrogen (secondary N) is 1. The van der Waals surface area contributed by atoms with Gasteiger partial charge in [-0.1, -0.05) is 48.0 Å². The van der Waals surface area contributed by atoms with E-state index in [9.17, 15) is 9.90 Å². The normalized spacial score (nSPS) is 10.7. The minimum absolute atomic E-state index is 0.0167. The molecule has 0 saturated carbocycles. The molecule has 3 aromatic rings. The smallest absolute Gasteiger partial charge is 0.259 e. The van der Waals surface area contributed by atoms with E-state index in [4.69, 9.17) is 0 Å². The molecule has 23 heavy (non-hydrogen) atoms. The summed E-state index contributed by atoms with van der Waals surface area (Å²) in [6.07, 6.45) is 0. The van der Waals surface area contributed by atoms with Crippen LogP contribution in [0.15, 0.2) is 48.5 Å². The molecule has 0 radical (unpaired) electrons. The van der Waals surface area contributed by atoms with Crippen molar-refractivity contribution in [3.05, 3.63) is 70.8 Å². The van der Waals surface area contributed by atoms with Crippen LogP contribution in [0.4, 0.5) is 5.69 Å². The average molecular weight is 305 g/mol. The van der Waals surface area contributed by atoms with Crippen molar-refractivity contribution in [1.29, 1.82) is 0 Å². The van der Waals surface area contributed by atoms with Crippen molar-refractivity contribution in [2.45, 2.75) is 20.8 Å². The van der Waals surface area contributed by atoms with Crippen molar-refractivity contribution < 1.29 is 9.90 Å². The second-order valence-corrected chi connectivity index (χ2v) is 5.91. The highest BCUT2D eigenvalue weighted by Gasteiger charge is 2.15. The van der Waals surface area contributed by atoms with Crippen molar-refractivity contribution in [3.63, 3.8) is 0 Å². The van der Waals surface area contributed by atoms with Gasteiger partial charge < -0.3 is 10.4 Å². The Labute approximate surface area is 135 Å². The number of anilines is 1. The number of rotatable bonds is 2. The van der Waals surface area contributed by atoms with Crippen molar-refractivity contribution in [2.24, 2.45) is 0 Å². The number of fused-ring (bicyclic) bond motifs is 1. The van der Waals surface area contributed by atoms with E-state index in [1.165, 1.54) is 0 Å². The van der Waals surface area contributed by atoms with E-state index >= 15 is 0 Å². The number of benzene rings is 3. The van der Waals surface area contributed by atoms with Crippen LogP contribution in [-0.2, 0) is 0 Å². The molecule has 1 amide bonds. The molecular formula is C20H19NO2. The maximum Gasteiger partial charge on any atom is 0.259 e. The van der Waals surface area contributed by atoms with Crippen LogP contribution in [0, 0.1) is 20.8 Å². The third-order valence-electron chi connectivity index (χ3n) is 4.06. The number of carbonyl (C=O) groups is 1. The van der Waals surface area contributed by atoms with Crippen molar-refractivity contribution >= 4 is 22.4 Å². The lowest BCUT2D eigenvalue weighted by atomic mass is 10.0. The van der Waals surface area contributed by atoms with Gasteiger partial charge in [-0.05, 0) is 43.4 Å². The number of carbonyl (C=O) groups excluding carboxylic acids is 1. The second kappa shape index (κ2) is 5.76. The molecule has 0 aliphatic carbocycles. The molecule has 116 valence electrons. The third kappa shape index (κ3) is 2.78. The SMILES string of the molecule is Cc1cc(C)c(NC(=O)c2ccc3ccccc3c2O)c(C)c1. The van der Waals surface area contributed by atoms with Gasteiger partial charge in [0, 0.05) is 11.1 Å². The standard InChI is InChI=1S/C20H19NO2/c1-12-10-13(2)18(14(3)11-12)21-20(23)17-9-8-15-6-4-5-7-16(15)19(17)22/h4-11,22H,1-3H3,(H,21,23). The Hall–Kier alpha value is -2.81. The topological polar surface area (TPSA) is 49.3 Å². The molecule has 0 aliphatic heterocycles. The molecule has 0 aliphatic rings. The van der Waals surface area contributed by atoms with E-state index in [2.05, 4.69) is 5.32 Å². The van der Waals surface area contributed by atoms with Gasteiger partial charge in [0.15, 0.2) is 0 Å². The first-order valence-corrected chi connectivity index (χ1v) is 7.57. The fourth-order valence-electron chi connectivity index (χ4n) is 3.00. The first kappa shape index (κ1) is 15.1. The van der Waals surface area contributed by atoms with E-state index in [1.54, 1.807) is 6.07 Å². The Kier molecular flexibility index (Phi) is 3.78. The number of amides is 1. The first-order chi connectivity index (χ1) is 11.0. The molecule has 0 bridgehead atoms. The van der Waals surface area contributed by atoms with Crippen LogP contribution in [0.2, 0.25) is 0 Å². The van der Waals surface area contributed by atoms with Gasteiger partial charge >= 0.3 is 0 Å². The maximum atomic E-state index is 12.6. The summed E-state index contributed by atoms with van der Waals surface area (Å²) in [6, 6.07) is 15.0. The fourth-order valence-corrected chi connectivity index (χ4v) is 3.00. The van der Waals surface area contributed by atoms with Gasteiger partial charge in [-0.2, -0.15) is 0 Å². The highest BCUT2D eigenvalue weighted by molar-refractivity contribution is 6.10. The molecule has 0 saturated heterocycles. The van der Waals surface area contributed by atoms with Gasteiger partial charge in [-0.15, -0.1) is 0 Å². The lowest BCUT2D eigenvalue weighted by Crippen LogP contribution is -2.14. The van der Waals surface area contributed by atoms with Gasteiger partial charge in [0.2, 0.25) is 0 Å². The Morgan fingerprint density at radius 2 is 1.61 bits per heavy atom. The minimum Gasteiger partial charge on any atom is -0.506 e. The van der Waals surface area contributed by atoms with E-state index in [0.717, 1.165) is 27.8 Å². The summed E-state index contributed by atoms with van der Waals surface area (Å²) in [5.74, 6) is -0.286. The molecule has 0 unspecified atom stereocenters. The van der Waals surface area contributed by atoms with Gasteiger partial charge in [0.1, 0.15) is 5.75 Å². The van der Waals surface area contributed by atoms with Crippen LogP contribution >= 0.6 is 0 Å². The highest BCUT2D eigenvalue weighted by atomic mass is 16.3. The van der Waals surface area contributed by atoms with Crippen LogP contribution in [-0.4, -0.2) is 11.0 Å². The third-order valence-corrected chi connectivity index (χ3v) is 4.06. The quantitative estimate of drug-likeness (QED) is 0.719. The molecular weight excluding hydrogens is 286 g/mol. The van der Waals surface area contributed by atoms with Crippen LogP contribution in [0.25, 0.3) is 10.8 Å². The molecule has 3 nitrogen and oxygen atoms in total. The Morgan fingerprint density at radius 1 is 0.957 bits per heavy atom. The maximum absolute atomic E-state index is 12.6. The van der Waals surface area contributed by atoms with Crippen molar-refractivity contribution in [2.75, 3.05) is 5.32 Å². The van der Waals surface area contributed by atoms with Gasteiger partial charge in [-0.3, -0.25) is 4.79 Å². The van der Waals surface area contributed by atoms with E-state index in [-0.39, 0.29) is 17.2 Å². The van der Waals surface area contributed by atoms with Crippen LogP contribution < -0.4 is 5.32 Å². The van der Waals surface area contributed by atoms with E-state index in [1.807, 2.05) is 63.2 Å². The number of aromatic hydroxyl groups is 1. The van der Waals surface area contributed by atoms with Crippen LogP contribution in [0.1, 0.15) is 27.0 Å². The predicted molar refractivity (Wildman–Crippen MR) is 94.2 cm³/mol. The van der Waals surface area contributed by atoms with E-state index in [0.29, 0.717) is 5.39 Å². The summed E-state index contributed by atoms with van der Waals surface area (Å²) in [6.45, 7) is 5.96. The highest BCUT2D eigenvalue weighted by Crippen LogP contribution is 2.30. The molecule has 3 rings (SSSR count). The Morgan fingerprint density at radius 3 is 2.30 bits per heavy atom. The lowest BCUT2D eigenvalue weighted by Gasteiger charge is -2.14. The number of phenolic OH excluding ortho intramolecular Hbond substituents is 1. The molecule has 3 heteroatoms. The summed E-state index contributed by atoms with van der Waals surface area (Å²) >= 11 is 0. The number of phenols is 1. The zero-order chi connectivity index (χ0) is 16.6. The zero-order valence-corrected chi connectivity index (χ0v) is 13.5. The molecule has 0 spiro atoms. The molecule has 0 atom stereocenters. The Balaban J connectivity index is 2.00. The zero-order valence-electron chi connectivity index (χ0n) is 13.5. The molecule has 0 heterocycles. The summed E-state index contributed by atoms with van der Waals surface area (Å²) in [7, 11) is 0. The predicted octanol–water partition coefficient (Wildman–Crippen LogP) is 4.72. The molecule has 2 N–H and O–H groups in total. The summed E-state index contributed by atoms with van der Waals surface area (Å²) < 4.78 is 0. The fraction of sp³-hybridized carbons (Fsp3) is 0.150.